The lowest BCUT2D eigenvalue weighted by atomic mass is 10.2. The van der Waals surface area contributed by atoms with Gasteiger partial charge in [-0.2, -0.15) is 0 Å². The fourth-order valence-electron chi connectivity index (χ4n) is 1.32. The highest BCUT2D eigenvalue weighted by atomic mass is 79.9. The molecule has 0 radical (unpaired) electrons. The zero-order valence-corrected chi connectivity index (χ0v) is 13.6. The summed E-state index contributed by atoms with van der Waals surface area (Å²) in [7, 11) is 1.81. The third kappa shape index (κ3) is 4.60. The molecule has 0 fully saturated rings. The number of hydrogen-bond acceptors (Lipinski definition) is 1. The maximum Gasteiger partial charge on any atom is 0.253 e. The van der Waals surface area contributed by atoms with Crippen molar-refractivity contribution in [2.45, 2.75) is 18.2 Å². The normalized spacial score (nSPS) is 12.3. The number of hydrogen-bond donors (Lipinski definition) is 0. The highest BCUT2D eigenvalue weighted by Gasteiger charge is 2.13. The van der Waals surface area contributed by atoms with E-state index in [0.29, 0.717) is 15.4 Å². The number of alkyl halides is 1. The predicted octanol–water partition coefficient (Wildman–Crippen LogP) is 4.35. The highest BCUT2D eigenvalue weighted by Crippen LogP contribution is 2.23. The minimum atomic E-state index is 0.00974. The van der Waals surface area contributed by atoms with E-state index < -0.39 is 0 Å². The topological polar surface area (TPSA) is 20.3 Å². The maximum absolute atomic E-state index is 12.1. The summed E-state index contributed by atoms with van der Waals surface area (Å²) in [6.07, 6.45) is 0.928. The Balaban J connectivity index is 2.71. The van der Waals surface area contributed by atoms with E-state index in [9.17, 15) is 4.79 Å². The van der Waals surface area contributed by atoms with Gasteiger partial charge in [0, 0.05) is 28.5 Å². The van der Waals surface area contributed by atoms with Crippen LogP contribution in [0.4, 0.5) is 0 Å². The van der Waals surface area contributed by atoms with E-state index in [4.69, 9.17) is 11.6 Å². The van der Waals surface area contributed by atoms with Crippen LogP contribution in [0.2, 0.25) is 5.02 Å². The molecule has 0 spiro atoms. The van der Waals surface area contributed by atoms with Crippen molar-refractivity contribution in [1.82, 2.24) is 4.90 Å². The molecular weight excluding hydrogens is 369 g/mol. The molecule has 0 saturated carbocycles. The van der Waals surface area contributed by atoms with Crippen molar-refractivity contribution in [3.05, 3.63) is 33.3 Å². The smallest absolute Gasteiger partial charge is 0.253 e. The third-order valence-electron chi connectivity index (χ3n) is 2.38. The van der Waals surface area contributed by atoms with Crippen LogP contribution in [0, 0.1) is 0 Å². The summed E-state index contributed by atoms with van der Waals surface area (Å²) < 4.78 is 0.743. The summed E-state index contributed by atoms with van der Waals surface area (Å²) in [6, 6.07) is 5.21. The van der Waals surface area contributed by atoms with Crippen LogP contribution in [0.5, 0.6) is 0 Å². The molecule has 1 aromatic carbocycles. The van der Waals surface area contributed by atoms with Crippen molar-refractivity contribution in [2.75, 3.05) is 13.6 Å². The zero-order valence-electron chi connectivity index (χ0n) is 9.71. The second-order valence-corrected chi connectivity index (χ2v) is 6.75. The number of amides is 1. The Morgan fingerprint density at radius 1 is 1.53 bits per heavy atom. The van der Waals surface area contributed by atoms with Crippen molar-refractivity contribution in [1.29, 1.82) is 0 Å². The van der Waals surface area contributed by atoms with Crippen molar-refractivity contribution in [3.63, 3.8) is 0 Å². The lowest BCUT2D eigenvalue weighted by molar-refractivity contribution is 0.0794. The molecule has 0 aliphatic heterocycles. The molecule has 1 unspecified atom stereocenters. The van der Waals surface area contributed by atoms with Gasteiger partial charge in [0.1, 0.15) is 0 Å². The Bertz CT molecular complexity index is 409. The third-order valence-corrected chi connectivity index (χ3v) is 4.05. The molecule has 1 rings (SSSR count). The predicted molar refractivity (Wildman–Crippen MR) is 79.1 cm³/mol. The van der Waals surface area contributed by atoms with Crippen LogP contribution in [0.1, 0.15) is 23.7 Å². The average molecular weight is 384 g/mol. The minimum Gasteiger partial charge on any atom is -0.342 e. The molecule has 1 aromatic rings. The van der Waals surface area contributed by atoms with E-state index >= 15 is 0 Å². The van der Waals surface area contributed by atoms with Crippen LogP contribution in [0.25, 0.3) is 0 Å². The largest absolute Gasteiger partial charge is 0.342 e. The monoisotopic (exact) mass is 381 g/mol. The number of rotatable bonds is 4. The first kappa shape index (κ1) is 15.0. The number of benzene rings is 1. The van der Waals surface area contributed by atoms with Gasteiger partial charge in [0.25, 0.3) is 5.91 Å². The number of carbonyl (C=O) groups is 1. The first-order chi connectivity index (χ1) is 7.91. The fraction of sp³-hybridized carbons (Fsp3) is 0.417. The van der Waals surface area contributed by atoms with Gasteiger partial charge in [-0.05, 0) is 40.5 Å². The number of nitrogens with zero attached hydrogens (tertiary/aromatic N) is 1. The van der Waals surface area contributed by atoms with Gasteiger partial charge in [-0.3, -0.25) is 4.79 Å². The Kier molecular flexibility index (Phi) is 5.97. The van der Waals surface area contributed by atoms with E-state index in [2.05, 4.69) is 38.8 Å². The molecule has 0 aliphatic carbocycles. The van der Waals surface area contributed by atoms with E-state index in [1.165, 1.54) is 0 Å². The van der Waals surface area contributed by atoms with Gasteiger partial charge in [0.2, 0.25) is 0 Å². The number of halogens is 3. The lowest BCUT2D eigenvalue weighted by Crippen LogP contribution is -2.28. The molecule has 1 amide bonds. The maximum atomic E-state index is 12.1. The molecular formula is C12H14Br2ClNO. The van der Waals surface area contributed by atoms with Gasteiger partial charge in [0.15, 0.2) is 0 Å². The summed E-state index contributed by atoms with van der Waals surface area (Å²) in [4.78, 5) is 14.2. The van der Waals surface area contributed by atoms with Gasteiger partial charge < -0.3 is 4.90 Å². The van der Waals surface area contributed by atoms with Crippen molar-refractivity contribution < 1.29 is 4.79 Å². The van der Waals surface area contributed by atoms with Gasteiger partial charge in [-0.1, -0.05) is 34.5 Å². The molecule has 2 nitrogen and oxygen atoms in total. The van der Waals surface area contributed by atoms with Gasteiger partial charge in [-0.15, -0.1) is 0 Å². The molecule has 0 heterocycles. The molecule has 5 heteroatoms. The summed E-state index contributed by atoms with van der Waals surface area (Å²) in [6.45, 7) is 2.79. The van der Waals surface area contributed by atoms with Crippen molar-refractivity contribution in [3.8, 4) is 0 Å². The van der Waals surface area contributed by atoms with Crippen molar-refractivity contribution in [2.24, 2.45) is 0 Å². The first-order valence-corrected chi connectivity index (χ1v) is 7.35. The average Bonchev–Trinajstić information content (AvgIpc) is 2.28. The summed E-state index contributed by atoms with van der Waals surface area (Å²) in [5, 5.41) is 0.610. The Morgan fingerprint density at radius 3 is 2.71 bits per heavy atom. The molecule has 0 N–H and O–H groups in total. The van der Waals surface area contributed by atoms with Crippen LogP contribution >= 0.6 is 43.5 Å². The van der Waals surface area contributed by atoms with E-state index in [0.717, 1.165) is 17.4 Å². The van der Waals surface area contributed by atoms with Crippen LogP contribution in [0.15, 0.2) is 22.7 Å². The molecule has 0 bridgehead atoms. The Hall–Kier alpha value is -0.0600. The number of carbonyl (C=O) groups excluding carboxylic acids is 1. The second kappa shape index (κ2) is 6.76. The van der Waals surface area contributed by atoms with E-state index in [1.807, 2.05) is 0 Å². The van der Waals surface area contributed by atoms with Crippen LogP contribution < -0.4 is 0 Å². The van der Waals surface area contributed by atoms with Gasteiger partial charge in [-0.25, -0.2) is 0 Å². The molecule has 0 saturated heterocycles. The molecule has 0 aromatic heterocycles. The summed E-state index contributed by atoms with van der Waals surface area (Å²) in [5.74, 6) is 0.00974. The van der Waals surface area contributed by atoms with Crippen LogP contribution in [-0.4, -0.2) is 29.2 Å². The SMILES string of the molecule is CC(Br)CCN(C)C(=O)c1ccc(Cl)c(Br)c1. The minimum absolute atomic E-state index is 0.00974. The Morgan fingerprint density at radius 2 is 2.18 bits per heavy atom. The standard InChI is InChI=1S/C12H14Br2ClNO/c1-8(13)5-6-16(2)12(17)9-3-4-11(15)10(14)7-9/h3-4,7-8H,5-6H2,1-2H3. The van der Waals surface area contributed by atoms with Crippen LogP contribution in [-0.2, 0) is 0 Å². The van der Waals surface area contributed by atoms with E-state index in [-0.39, 0.29) is 5.91 Å². The fourth-order valence-corrected chi connectivity index (χ4v) is 2.02. The van der Waals surface area contributed by atoms with Gasteiger partial charge >= 0.3 is 0 Å². The quantitative estimate of drug-likeness (QED) is 0.708. The lowest BCUT2D eigenvalue weighted by Gasteiger charge is -2.18. The van der Waals surface area contributed by atoms with E-state index in [1.54, 1.807) is 30.1 Å². The van der Waals surface area contributed by atoms with Crippen molar-refractivity contribution >= 4 is 49.4 Å². The Labute approximate surface area is 124 Å². The molecule has 17 heavy (non-hydrogen) atoms. The summed E-state index contributed by atoms with van der Waals surface area (Å²) in [5.41, 5.74) is 0.644. The molecule has 1 atom stereocenters. The molecule has 0 aliphatic rings. The first-order valence-electron chi connectivity index (χ1n) is 5.26. The highest BCUT2D eigenvalue weighted by molar-refractivity contribution is 9.10. The zero-order chi connectivity index (χ0) is 13.0. The summed E-state index contributed by atoms with van der Waals surface area (Å²) >= 11 is 12.7. The second-order valence-electron chi connectivity index (χ2n) is 3.93. The molecule has 94 valence electrons. The van der Waals surface area contributed by atoms with Gasteiger partial charge in [0.05, 0.1) is 5.02 Å². The van der Waals surface area contributed by atoms with Crippen LogP contribution in [0.3, 0.4) is 0 Å².